The Labute approximate surface area is 78.8 Å². The third kappa shape index (κ3) is 4.68. The first-order valence-corrected chi connectivity index (χ1v) is 4.31. The van der Waals surface area contributed by atoms with Crippen molar-refractivity contribution in [3.8, 4) is 0 Å². The maximum Gasteiger partial charge on any atom is 0.168 e. The van der Waals surface area contributed by atoms with Crippen LogP contribution in [-0.4, -0.2) is 5.11 Å². The summed E-state index contributed by atoms with van der Waals surface area (Å²) in [4.78, 5) is 0. The first-order valence-electron chi connectivity index (χ1n) is 3.90. The Kier molecular flexibility index (Phi) is 6.01. The van der Waals surface area contributed by atoms with Gasteiger partial charge in [0.1, 0.15) is 0 Å². The first kappa shape index (κ1) is 10.9. The molecule has 0 radical (unpaired) electrons. The molecule has 0 spiro atoms. The van der Waals surface area contributed by atoms with Gasteiger partial charge in [-0.15, -0.1) is 0 Å². The van der Waals surface area contributed by atoms with Crippen molar-refractivity contribution in [3.63, 3.8) is 0 Å². The van der Waals surface area contributed by atoms with Gasteiger partial charge in [-0.25, -0.2) is 0 Å². The Morgan fingerprint density at radius 3 is 2.17 bits per heavy atom. The highest BCUT2D eigenvalue weighted by Crippen LogP contribution is 2.03. The number of rotatable bonds is 1. The van der Waals surface area contributed by atoms with Crippen molar-refractivity contribution >= 4 is 23.0 Å². The van der Waals surface area contributed by atoms with Gasteiger partial charge in [-0.3, -0.25) is 0 Å². The highest BCUT2D eigenvalue weighted by molar-refractivity contribution is 7.80. The summed E-state index contributed by atoms with van der Waals surface area (Å²) in [6, 6.07) is 9.57. The van der Waals surface area contributed by atoms with Crippen LogP contribution >= 0.6 is 12.2 Å². The largest absolute Gasteiger partial charge is 0.376 e. The van der Waals surface area contributed by atoms with Gasteiger partial charge in [-0.05, 0) is 24.4 Å². The number of benzene rings is 1. The summed E-state index contributed by atoms with van der Waals surface area (Å²) in [5, 5.41) is 3.11. The standard InChI is InChI=1S/C7H8N2S.C2H6/c8-7(10)9-6-4-2-1-3-5-6;1-2/h1-5H,(H3,8,9,10);1-2H3. The van der Waals surface area contributed by atoms with E-state index in [0.717, 1.165) is 5.69 Å². The molecule has 0 heterocycles. The fraction of sp³-hybridized carbons (Fsp3) is 0.222. The first-order chi connectivity index (χ1) is 5.79. The minimum atomic E-state index is 0.297. The Morgan fingerprint density at radius 1 is 1.25 bits per heavy atom. The number of nitrogens with two attached hydrogens (primary N) is 1. The van der Waals surface area contributed by atoms with Crippen LogP contribution in [0.5, 0.6) is 0 Å². The predicted molar refractivity (Wildman–Crippen MR) is 58.2 cm³/mol. The van der Waals surface area contributed by atoms with Crippen LogP contribution in [0.2, 0.25) is 0 Å². The summed E-state index contributed by atoms with van der Waals surface area (Å²) in [7, 11) is 0. The van der Waals surface area contributed by atoms with Gasteiger partial charge >= 0.3 is 0 Å². The van der Waals surface area contributed by atoms with E-state index in [0.29, 0.717) is 5.11 Å². The zero-order valence-electron chi connectivity index (χ0n) is 7.37. The Hall–Kier alpha value is -1.09. The van der Waals surface area contributed by atoms with Gasteiger partial charge in [-0.2, -0.15) is 0 Å². The molecule has 1 rings (SSSR count). The quantitative estimate of drug-likeness (QED) is 0.655. The molecule has 12 heavy (non-hydrogen) atoms. The van der Waals surface area contributed by atoms with E-state index >= 15 is 0 Å². The fourth-order valence-corrected chi connectivity index (χ4v) is 0.782. The molecule has 0 unspecified atom stereocenters. The topological polar surface area (TPSA) is 38.0 Å². The molecule has 3 N–H and O–H groups in total. The number of thiocarbonyl (C=S) groups is 1. The van der Waals surface area contributed by atoms with Crippen molar-refractivity contribution in [1.29, 1.82) is 0 Å². The molecule has 66 valence electrons. The van der Waals surface area contributed by atoms with Gasteiger partial charge in [0.15, 0.2) is 5.11 Å². The molecule has 1 aromatic carbocycles. The molecule has 0 atom stereocenters. The van der Waals surface area contributed by atoms with Crippen LogP contribution in [0.15, 0.2) is 30.3 Å². The molecule has 0 amide bonds. The van der Waals surface area contributed by atoms with Gasteiger partial charge in [-0.1, -0.05) is 32.0 Å². The molecular weight excluding hydrogens is 168 g/mol. The van der Waals surface area contributed by atoms with E-state index in [1.165, 1.54) is 0 Å². The van der Waals surface area contributed by atoms with Gasteiger partial charge in [0.2, 0.25) is 0 Å². The SMILES string of the molecule is CC.NC(=S)Nc1ccccc1. The van der Waals surface area contributed by atoms with Gasteiger partial charge in [0, 0.05) is 5.69 Å². The van der Waals surface area contributed by atoms with Crippen molar-refractivity contribution < 1.29 is 0 Å². The second-order valence-corrected chi connectivity index (χ2v) is 2.30. The second kappa shape index (κ2) is 6.61. The number of nitrogens with one attached hydrogen (secondary N) is 1. The summed E-state index contributed by atoms with van der Waals surface area (Å²) in [5.41, 5.74) is 6.17. The smallest absolute Gasteiger partial charge is 0.168 e. The Bertz CT molecular complexity index is 221. The predicted octanol–water partition coefficient (Wildman–Crippen LogP) is 2.37. The van der Waals surface area contributed by atoms with Crippen LogP contribution in [0.3, 0.4) is 0 Å². The van der Waals surface area contributed by atoms with E-state index in [1.54, 1.807) is 0 Å². The average Bonchev–Trinajstić information content (AvgIpc) is 2.08. The van der Waals surface area contributed by atoms with Crippen LogP contribution in [-0.2, 0) is 0 Å². The van der Waals surface area contributed by atoms with E-state index in [9.17, 15) is 0 Å². The minimum Gasteiger partial charge on any atom is -0.376 e. The fourth-order valence-electron chi connectivity index (χ4n) is 0.664. The van der Waals surface area contributed by atoms with Crippen molar-refractivity contribution in [1.82, 2.24) is 0 Å². The third-order valence-corrected chi connectivity index (χ3v) is 1.14. The van der Waals surface area contributed by atoms with Crippen LogP contribution in [0.25, 0.3) is 0 Å². The highest BCUT2D eigenvalue weighted by Gasteiger charge is 1.87. The molecule has 0 aromatic heterocycles. The monoisotopic (exact) mass is 182 g/mol. The van der Waals surface area contributed by atoms with Gasteiger partial charge in [0.25, 0.3) is 0 Å². The maximum atomic E-state index is 5.24. The normalized spacial score (nSPS) is 7.83. The van der Waals surface area contributed by atoms with Crippen molar-refractivity contribution in [2.75, 3.05) is 5.32 Å². The lowest BCUT2D eigenvalue weighted by atomic mass is 10.3. The van der Waals surface area contributed by atoms with Crippen molar-refractivity contribution in [3.05, 3.63) is 30.3 Å². The Morgan fingerprint density at radius 2 is 1.75 bits per heavy atom. The molecule has 0 aliphatic heterocycles. The molecule has 0 aliphatic rings. The zero-order valence-corrected chi connectivity index (χ0v) is 8.19. The summed E-state index contributed by atoms with van der Waals surface area (Å²) in [6.45, 7) is 4.00. The lowest BCUT2D eigenvalue weighted by Gasteiger charge is -2.00. The van der Waals surface area contributed by atoms with Gasteiger partial charge in [0.05, 0.1) is 0 Å². The number of hydrogen-bond donors (Lipinski definition) is 2. The summed E-state index contributed by atoms with van der Waals surface area (Å²) < 4.78 is 0. The summed E-state index contributed by atoms with van der Waals surface area (Å²) in [5.74, 6) is 0. The molecule has 2 nitrogen and oxygen atoms in total. The van der Waals surface area contributed by atoms with E-state index in [1.807, 2.05) is 44.2 Å². The molecule has 0 saturated carbocycles. The van der Waals surface area contributed by atoms with E-state index in [-0.39, 0.29) is 0 Å². The van der Waals surface area contributed by atoms with Crippen LogP contribution in [0.1, 0.15) is 13.8 Å². The highest BCUT2D eigenvalue weighted by atomic mass is 32.1. The summed E-state index contributed by atoms with van der Waals surface area (Å²) in [6.07, 6.45) is 0. The molecule has 0 aliphatic carbocycles. The van der Waals surface area contributed by atoms with Crippen LogP contribution in [0.4, 0.5) is 5.69 Å². The molecule has 3 heteroatoms. The van der Waals surface area contributed by atoms with Crippen molar-refractivity contribution in [2.24, 2.45) is 5.73 Å². The Balaban J connectivity index is 0.000000561. The number of para-hydroxylation sites is 1. The summed E-state index contributed by atoms with van der Waals surface area (Å²) >= 11 is 4.64. The number of hydrogen-bond acceptors (Lipinski definition) is 1. The molecule has 0 fully saturated rings. The molecule has 0 bridgehead atoms. The number of anilines is 1. The lowest BCUT2D eigenvalue weighted by molar-refractivity contribution is 1.50. The van der Waals surface area contributed by atoms with E-state index < -0.39 is 0 Å². The van der Waals surface area contributed by atoms with Gasteiger partial charge < -0.3 is 11.1 Å². The average molecular weight is 182 g/mol. The lowest BCUT2D eigenvalue weighted by Crippen LogP contribution is -2.18. The zero-order chi connectivity index (χ0) is 9.40. The van der Waals surface area contributed by atoms with E-state index in [4.69, 9.17) is 5.73 Å². The minimum absolute atomic E-state index is 0.297. The van der Waals surface area contributed by atoms with Crippen LogP contribution in [0, 0.1) is 0 Å². The van der Waals surface area contributed by atoms with Crippen molar-refractivity contribution in [2.45, 2.75) is 13.8 Å². The molecule has 0 saturated heterocycles. The molecule has 1 aromatic rings. The third-order valence-electron chi connectivity index (χ3n) is 1.04. The second-order valence-electron chi connectivity index (χ2n) is 1.86. The molecular formula is C9H14N2S. The van der Waals surface area contributed by atoms with E-state index in [2.05, 4.69) is 17.5 Å². The maximum absolute atomic E-state index is 5.24. The van der Waals surface area contributed by atoms with Crippen LogP contribution < -0.4 is 11.1 Å².